The van der Waals surface area contributed by atoms with Crippen molar-refractivity contribution in [1.82, 2.24) is 4.98 Å². The van der Waals surface area contributed by atoms with Gasteiger partial charge in [0, 0.05) is 23.2 Å². The van der Waals surface area contributed by atoms with Gasteiger partial charge in [0.05, 0.1) is 11.0 Å². The van der Waals surface area contributed by atoms with Gasteiger partial charge in [0.1, 0.15) is 0 Å². The summed E-state index contributed by atoms with van der Waals surface area (Å²) in [5.41, 5.74) is 1.54. The summed E-state index contributed by atoms with van der Waals surface area (Å²) in [6.07, 6.45) is 1.53. The van der Waals surface area contributed by atoms with Gasteiger partial charge in [0.2, 0.25) is 5.88 Å². The van der Waals surface area contributed by atoms with E-state index in [-0.39, 0.29) is 17.3 Å². The number of halogens is 2. The molecule has 0 N–H and O–H groups in total. The normalized spacial score (nSPS) is 10.5. The first-order valence-electron chi connectivity index (χ1n) is 6.06. The van der Waals surface area contributed by atoms with Crippen molar-refractivity contribution in [3.05, 3.63) is 57.0 Å². The first-order chi connectivity index (χ1) is 9.92. The zero-order valence-corrected chi connectivity index (χ0v) is 12.1. The highest BCUT2D eigenvalue weighted by Crippen LogP contribution is 2.31. The molecule has 5 nitrogen and oxygen atoms in total. The number of rotatable bonds is 4. The average Bonchev–Trinajstić information content (AvgIpc) is 2.44. The zero-order chi connectivity index (χ0) is 15.6. The third kappa shape index (κ3) is 3.28. The molecular formula is C14H12ClFN2O3. The number of ether oxygens (including phenoxy) is 1. The molecule has 0 saturated heterocycles. The molecule has 7 heteroatoms. The SMILES string of the molecule is Cc1cc(Oc2ncc(CCl)cc2C)c(F)cc1[N+](=O)[O-]. The Bertz CT molecular complexity index is 707. The van der Waals surface area contributed by atoms with E-state index in [1.165, 1.54) is 19.2 Å². The molecule has 2 rings (SSSR count). The summed E-state index contributed by atoms with van der Waals surface area (Å²) in [5, 5.41) is 10.7. The van der Waals surface area contributed by atoms with E-state index in [4.69, 9.17) is 16.3 Å². The number of nitro benzene ring substituents is 1. The number of nitro groups is 1. The third-order valence-corrected chi connectivity index (χ3v) is 3.20. The zero-order valence-electron chi connectivity index (χ0n) is 11.4. The lowest BCUT2D eigenvalue weighted by Gasteiger charge is -2.10. The van der Waals surface area contributed by atoms with E-state index >= 15 is 0 Å². The predicted octanol–water partition coefficient (Wildman–Crippen LogP) is 4.28. The highest BCUT2D eigenvalue weighted by atomic mass is 35.5. The topological polar surface area (TPSA) is 65.3 Å². The van der Waals surface area contributed by atoms with E-state index in [1.54, 1.807) is 13.0 Å². The standard InChI is InChI=1S/C14H12ClFN2O3/c1-8-4-13(11(16)5-12(8)18(19)20)21-14-9(2)3-10(6-15)7-17-14/h3-5,7H,6H2,1-2H3. The number of hydrogen-bond donors (Lipinski definition) is 0. The number of hydrogen-bond acceptors (Lipinski definition) is 4. The lowest BCUT2D eigenvalue weighted by Crippen LogP contribution is -1.98. The maximum Gasteiger partial charge on any atom is 0.275 e. The van der Waals surface area contributed by atoms with Gasteiger partial charge in [-0.15, -0.1) is 11.6 Å². The highest BCUT2D eigenvalue weighted by molar-refractivity contribution is 6.17. The van der Waals surface area contributed by atoms with Crippen LogP contribution >= 0.6 is 11.6 Å². The molecule has 0 spiro atoms. The number of aromatic nitrogens is 1. The number of aryl methyl sites for hydroxylation is 2. The van der Waals surface area contributed by atoms with Crippen LogP contribution in [0.1, 0.15) is 16.7 Å². The number of nitrogens with zero attached hydrogens (tertiary/aromatic N) is 2. The van der Waals surface area contributed by atoms with Crippen LogP contribution in [0.15, 0.2) is 24.4 Å². The van der Waals surface area contributed by atoms with Gasteiger partial charge in [-0.05, 0) is 31.5 Å². The van der Waals surface area contributed by atoms with Crippen LogP contribution < -0.4 is 4.74 Å². The molecule has 0 saturated carbocycles. The molecular weight excluding hydrogens is 299 g/mol. The minimum absolute atomic E-state index is 0.104. The lowest BCUT2D eigenvalue weighted by atomic mass is 10.2. The van der Waals surface area contributed by atoms with Gasteiger partial charge in [0.25, 0.3) is 5.69 Å². The fourth-order valence-electron chi connectivity index (χ4n) is 1.82. The molecule has 0 atom stereocenters. The Morgan fingerprint density at radius 3 is 2.62 bits per heavy atom. The van der Waals surface area contributed by atoms with Crippen LogP contribution in [-0.2, 0) is 5.88 Å². The molecule has 2 aromatic rings. The monoisotopic (exact) mass is 310 g/mol. The van der Waals surface area contributed by atoms with Crippen LogP contribution in [0, 0.1) is 29.8 Å². The van der Waals surface area contributed by atoms with Gasteiger partial charge in [0.15, 0.2) is 11.6 Å². The van der Waals surface area contributed by atoms with Crippen molar-refractivity contribution in [3.8, 4) is 11.6 Å². The van der Waals surface area contributed by atoms with E-state index in [9.17, 15) is 14.5 Å². The summed E-state index contributed by atoms with van der Waals surface area (Å²) in [7, 11) is 0. The summed E-state index contributed by atoms with van der Waals surface area (Å²) in [6.45, 7) is 3.27. The van der Waals surface area contributed by atoms with Gasteiger partial charge in [-0.3, -0.25) is 10.1 Å². The Morgan fingerprint density at radius 2 is 2.05 bits per heavy atom. The maximum absolute atomic E-state index is 13.9. The fourth-order valence-corrected chi connectivity index (χ4v) is 1.97. The molecule has 21 heavy (non-hydrogen) atoms. The smallest absolute Gasteiger partial charge is 0.275 e. The lowest BCUT2D eigenvalue weighted by molar-refractivity contribution is -0.385. The summed E-state index contributed by atoms with van der Waals surface area (Å²) in [6, 6.07) is 3.91. The molecule has 0 radical (unpaired) electrons. The summed E-state index contributed by atoms with van der Waals surface area (Å²) in [5.74, 6) is -0.364. The number of alkyl halides is 1. The third-order valence-electron chi connectivity index (χ3n) is 2.89. The Labute approximate surface area is 125 Å². The second kappa shape index (κ2) is 6.05. The first-order valence-corrected chi connectivity index (χ1v) is 6.59. The van der Waals surface area contributed by atoms with Crippen LogP contribution in [0.2, 0.25) is 0 Å². The predicted molar refractivity (Wildman–Crippen MR) is 76.4 cm³/mol. The molecule has 0 aliphatic rings. The van der Waals surface area contributed by atoms with Crippen molar-refractivity contribution in [1.29, 1.82) is 0 Å². The fraction of sp³-hybridized carbons (Fsp3) is 0.214. The van der Waals surface area contributed by atoms with Gasteiger partial charge in [-0.25, -0.2) is 9.37 Å². The second-order valence-electron chi connectivity index (χ2n) is 4.53. The van der Waals surface area contributed by atoms with Crippen molar-refractivity contribution in [2.75, 3.05) is 0 Å². The molecule has 0 amide bonds. The average molecular weight is 311 g/mol. The molecule has 0 bridgehead atoms. The molecule has 0 aliphatic heterocycles. The van der Waals surface area contributed by atoms with Crippen molar-refractivity contribution in [2.45, 2.75) is 19.7 Å². The van der Waals surface area contributed by atoms with Crippen molar-refractivity contribution < 1.29 is 14.1 Å². The van der Waals surface area contributed by atoms with Crippen LogP contribution in [0.4, 0.5) is 10.1 Å². The summed E-state index contributed by atoms with van der Waals surface area (Å²) >= 11 is 5.70. The maximum atomic E-state index is 13.9. The largest absolute Gasteiger partial charge is 0.436 e. The Kier molecular flexibility index (Phi) is 4.37. The molecule has 0 unspecified atom stereocenters. The molecule has 0 aliphatic carbocycles. The molecule has 0 fully saturated rings. The highest BCUT2D eigenvalue weighted by Gasteiger charge is 2.17. The number of pyridine rings is 1. The summed E-state index contributed by atoms with van der Waals surface area (Å²) < 4.78 is 19.3. The Morgan fingerprint density at radius 1 is 1.33 bits per heavy atom. The van der Waals surface area contributed by atoms with Crippen LogP contribution in [0.25, 0.3) is 0 Å². The summed E-state index contributed by atoms with van der Waals surface area (Å²) in [4.78, 5) is 14.2. The first kappa shape index (κ1) is 15.2. The van der Waals surface area contributed by atoms with Gasteiger partial charge in [-0.2, -0.15) is 0 Å². The van der Waals surface area contributed by atoms with Gasteiger partial charge in [-0.1, -0.05) is 0 Å². The van der Waals surface area contributed by atoms with E-state index in [0.717, 1.165) is 11.6 Å². The van der Waals surface area contributed by atoms with Crippen molar-refractivity contribution in [2.24, 2.45) is 0 Å². The Balaban J connectivity index is 2.36. The van der Waals surface area contributed by atoms with E-state index < -0.39 is 10.7 Å². The minimum atomic E-state index is -0.810. The van der Waals surface area contributed by atoms with Gasteiger partial charge < -0.3 is 4.74 Å². The van der Waals surface area contributed by atoms with Crippen LogP contribution in [-0.4, -0.2) is 9.91 Å². The Hall–Kier alpha value is -2.21. The van der Waals surface area contributed by atoms with E-state index in [2.05, 4.69) is 4.98 Å². The van der Waals surface area contributed by atoms with E-state index in [0.29, 0.717) is 17.0 Å². The van der Waals surface area contributed by atoms with E-state index in [1.807, 2.05) is 0 Å². The van der Waals surface area contributed by atoms with Crippen LogP contribution in [0.3, 0.4) is 0 Å². The van der Waals surface area contributed by atoms with Gasteiger partial charge >= 0.3 is 0 Å². The molecule has 1 aromatic carbocycles. The molecule has 110 valence electrons. The number of benzene rings is 1. The van der Waals surface area contributed by atoms with Crippen molar-refractivity contribution in [3.63, 3.8) is 0 Å². The van der Waals surface area contributed by atoms with Crippen molar-refractivity contribution >= 4 is 17.3 Å². The minimum Gasteiger partial charge on any atom is -0.436 e. The van der Waals surface area contributed by atoms with Crippen LogP contribution in [0.5, 0.6) is 11.6 Å². The molecule has 1 aromatic heterocycles. The molecule has 1 heterocycles. The quantitative estimate of drug-likeness (QED) is 0.480. The second-order valence-corrected chi connectivity index (χ2v) is 4.79.